The van der Waals surface area contributed by atoms with E-state index in [2.05, 4.69) is 32.9 Å². The predicted octanol–water partition coefficient (Wildman–Crippen LogP) is 2.71. The summed E-state index contributed by atoms with van der Waals surface area (Å²) in [7, 11) is 2.12. The Labute approximate surface area is 105 Å². The Morgan fingerprint density at radius 3 is 3.19 bits per heavy atom. The van der Waals surface area contributed by atoms with Crippen LogP contribution in [0.2, 0.25) is 0 Å². The van der Waals surface area contributed by atoms with Gasteiger partial charge in [0.05, 0.1) is 16.8 Å². The quantitative estimate of drug-likeness (QED) is 0.854. The van der Waals surface area contributed by atoms with Crippen molar-refractivity contribution in [1.29, 1.82) is 0 Å². The minimum Gasteiger partial charge on any atom is -0.381 e. The molecule has 1 fully saturated rings. The standard InChI is InChI=1S/C12H17BrN2O/c1-15(8-10-3-2-6-16-9-10)12-4-5-14-7-11(12)13/h4-5,7,10H,2-3,6,8-9H2,1H3. The highest BCUT2D eigenvalue weighted by Crippen LogP contribution is 2.25. The van der Waals surface area contributed by atoms with Crippen molar-refractivity contribution in [3.8, 4) is 0 Å². The number of hydrogen-bond donors (Lipinski definition) is 0. The van der Waals surface area contributed by atoms with Crippen LogP contribution in [0.4, 0.5) is 5.69 Å². The Kier molecular flexibility index (Phi) is 4.18. The van der Waals surface area contributed by atoms with Crippen molar-refractivity contribution in [1.82, 2.24) is 4.98 Å². The molecule has 2 heterocycles. The van der Waals surface area contributed by atoms with Gasteiger partial charge in [-0.1, -0.05) is 0 Å². The van der Waals surface area contributed by atoms with Gasteiger partial charge in [-0.15, -0.1) is 0 Å². The molecule has 1 aromatic heterocycles. The van der Waals surface area contributed by atoms with Gasteiger partial charge in [-0.05, 0) is 40.8 Å². The largest absolute Gasteiger partial charge is 0.381 e. The van der Waals surface area contributed by atoms with Gasteiger partial charge >= 0.3 is 0 Å². The van der Waals surface area contributed by atoms with Crippen LogP contribution in [-0.2, 0) is 4.74 Å². The summed E-state index contributed by atoms with van der Waals surface area (Å²) in [5.41, 5.74) is 1.19. The van der Waals surface area contributed by atoms with E-state index in [4.69, 9.17) is 4.74 Å². The van der Waals surface area contributed by atoms with Crippen LogP contribution in [-0.4, -0.2) is 31.8 Å². The molecule has 0 N–H and O–H groups in total. The van der Waals surface area contributed by atoms with E-state index in [0.717, 1.165) is 24.2 Å². The van der Waals surface area contributed by atoms with Crippen LogP contribution in [0.25, 0.3) is 0 Å². The molecule has 1 aliphatic heterocycles. The van der Waals surface area contributed by atoms with E-state index in [9.17, 15) is 0 Å². The molecule has 0 bridgehead atoms. The molecule has 1 aromatic rings. The average Bonchev–Trinajstić information content (AvgIpc) is 2.31. The SMILES string of the molecule is CN(CC1CCCOC1)c1ccncc1Br. The minimum atomic E-state index is 0.652. The lowest BCUT2D eigenvalue weighted by Gasteiger charge is -2.28. The molecule has 88 valence electrons. The Morgan fingerprint density at radius 1 is 1.62 bits per heavy atom. The van der Waals surface area contributed by atoms with Crippen molar-refractivity contribution in [2.45, 2.75) is 12.8 Å². The topological polar surface area (TPSA) is 25.4 Å². The summed E-state index contributed by atoms with van der Waals surface area (Å²) in [6, 6.07) is 2.04. The highest BCUT2D eigenvalue weighted by Gasteiger charge is 2.16. The molecule has 2 rings (SSSR count). The van der Waals surface area contributed by atoms with Gasteiger partial charge in [-0.3, -0.25) is 4.98 Å². The molecule has 16 heavy (non-hydrogen) atoms. The van der Waals surface area contributed by atoms with Gasteiger partial charge in [-0.2, -0.15) is 0 Å². The lowest BCUT2D eigenvalue weighted by Crippen LogP contribution is -2.31. The molecular formula is C12H17BrN2O. The van der Waals surface area contributed by atoms with Gasteiger partial charge < -0.3 is 9.64 Å². The van der Waals surface area contributed by atoms with Crippen LogP contribution < -0.4 is 4.90 Å². The van der Waals surface area contributed by atoms with Gasteiger partial charge in [0.2, 0.25) is 0 Å². The molecule has 0 aliphatic carbocycles. The maximum absolute atomic E-state index is 5.50. The molecule has 1 unspecified atom stereocenters. The zero-order chi connectivity index (χ0) is 11.4. The summed E-state index contributed by atoms with van der Waals surface area (Å²) < 4.78 is 6.55. The number of halogens is 1. The molecule has 0 amide bonds. The number of aromatic nitrogens is 1. The molecule has 1 aliphatic rings. The molecule has 1 atom stereocenters. The first-order valence-corrected chi connectivity index (χ1v) is 6.45. The fourth-order valence-corrected chi connectivity index (χ4v) is 2.67. The van der Waals surface area contributed by atoms with E-state index in [0.29, 0.717) is 5.92 Å². The third-order valence-corrected chi connectivity index (χ3v) is 3.56. The fraction of sp³-hybridized carbons (Fsp3) is 0.583. The Bertz CT molecular complexity index is 340. The Morgan fingerprint density at radius 2 is 2.50 bits per heavy atom. The van der Waals surface area contributed by atoms with E-state index in [1.165, 1.54) is 18.5 Å². The first-order valence-electron chi connectivity index (χ1n) is 5.66. The van der Waals surface area contributed by atoms with Crippen molar-refractivity contribution in [2.24, 2.45) is 5.92 Å². The van der Waals surface area contributed by atoms with E-state index in [1.54, 1.807) is 0 Å². The smallest absolute Gasteiger partial charge is 0.0592 e. The van der Waals surface area contributed by atoms with Crippen LogP contribution in [0.5, 0.6) is 0 Å². The van der Waals surface area contributed by atoms with Gasteiger partial charge in [0.1, 0.15) is 0 Å². The average molecular weight is 285 g/mol. The lowest BCUT2D eigenvalue weighted by atomic mass is 10.0. The zero-order valence-electron chi connectivity index (χ0n) is 9.53. The van der Waals surface area contributed by atoms with Crippen LogP contribution in [0.3, 0.4) is 0 Å². The minimum absolute atomic E-state index is 0.652. The molecule has 0 spiro atoms. The molecule has 0 aromatic carbocycles. The van der Waals surface area contributed by atoms with Gasteiger partial charge in [0.25, 0.3) is 0 Å². The third kappa shape index (κ3) is 2.95. The maximum Gasteiger partial charge on any atom is 0.0592 e. The number of rotatable bonds is 3. The van der Waals surface area contributed by atoms with Crippen molar-refractivity contribution in [3.05, 3.63) is 22.9 Å². The monoisotopic (exact) mass is 284 g/mol. The number of nitrogens with zero attached hydrogens (tertiary/aromatic N) is 2. The fourth-order valence-electron chi connectivity index (χ4n) is 2.11. The van der Waals surface area contributed by atoms with Crippen molar-refractivity contribution < 1.29 is 4.74 Å². The predicted molar refractivity (Wildman–Crippen MR) is 68.8 cm³/mol. The maximum atomic E-state index is 5.50. The molecule has 1 saturated heterocycles. The van der Waals surface area contributed by atoms with E-state index >= 15 is 0 Å². The van der Waals surface area contributed by atoms with Crippen LogP contribution in [0, 0.1) is 5.92 Å². The van der Waals surface area contributed by atoms with Crippen molar-refractivity contribution in [3.63, 3.8) is 0 Å². The molecule has 0 saturated carbocycles. The summed E-state index contributed by atoms with van der Waals surface area (Å²) >= 11 is 3.53. The second-order valence-electron chi connectivity index (χ2n) is 4.29. The summed E-state index contributed by atoms with van der Waals surface area (Å²) in [5, 5.41) is 0. The number of pyridine rings is 1. The zero-order valence-corrected chi connectivity index (χ0v) is 11.1. The Balaban J connectivity index is 1.96. The number of hydrogen-bond acceptors (Lipinski definition) is 3. The Hall–Kier alpha value is -0.610. The molecule has 4 heteroatoms. The highest BCUT2D eigenvalue weighted by atomic mass is 79.9. The summed E-state index contributed by atoms with van der Waals surface area (Å²) in [5.74, 6) is 0.652. The van der Waals surface area contributed by atoms with Crippen molar-refractivity contribution >= 4 is 21.6 Å². The van der Waals surface area contributed by atoms with Gasteiger partial charge in [-0.25, -0.2) is 0 Å². The second-order valence-corrected chi connectivity index (χ2v) is 5.15. The molecule has 0 radical (unpaired) electrons. The second kappa shape index (κ2) is 5.64. The lowest BCUT2D eigenvalue weighted by molar-refractivity contribution is 0.0576. The summed E-state index contributed by atoms with van der Waals surface area (Å²) in [6.45, 7) is 2.87. The first kappa shape index (κ1) is 11.9. The van der Waals surface area contributed by atoms with E-state index in [-0.39, 0.29) is 0 Å². The highest BCUT2D eigenvalue weighted by molar-refractivity contribution is 9.10. The van der Waals surface area contributed by atoms with E-state index < -0.39 is 0 Å². The summed E-state index contributed by atoms with van der Waals surface area (Å²) in [6.07, 6.45) is 6.13. The van der Waals surface area contributed by atoms with Gasteiger partial charge in [0.15, 0.2) is 0 Å². The molecular weight excluding hydrogens is 268 g/mol. The number of ether oxygens (including phenoxy) is 1. The van der Waals surface area contributed by atoms with Gasteiger partial charge in [0, 0.05) is 32.6 Å². The van der Waals surface area contributed by atoms with E-state index in [1.807, 2.05) is 18.5 Å². The van der Waals surface area contributed by atoms with Crippen molar-refractivity contribution in [2.75, 3.05) is 31.7 Å². The number of anilines is 1. The normalized spacial score (nSPS) is 20.8. The summed E-state index contributed by atoms with van der Waals surface area (Å²) in [4.78, 5) is 6.34. The first-order chi connectivity index (χ1) is 7.77. The van der Waals surface area contributed by atoms with Crippen LogP contribution in [0.15, 0.2) is 22.9 Å². The third-order valence-electron chi connectivity index (χ3n) is 2.95. The van der Waals surface area contributed by atoms with Crippen LogP contribution in [0.1, 0.15) is 12.8 Å². The molecule has 3 nitrogen and oxygen atoms in total. The van der Waals surface area contributed by atoms with Crippen LogP contribution >= 0.6 is 15.9 Å².